The molecule has 0 amide bonds. The van der Waals surface area contributed by atoms with Gasteiger partial charge in [-0.1, -0.05) is 42.5 Å². The number of rotatable bonds is 8. The molecule has 0 aliphatic carbocycles. The Morgan fingerprint density at radius 2 is 1.49 bits per heavy atom. The van der Waals surface area contributed by atoms with Crippen LogP contribution < -0.4 is 5.32 Å². The lowest BCUT2D eigenvalue weighted by atomic mass is 9.80. The molecule has 2 aromatic rings. The van der Waals surface area contributed by atoms with Crippen LogP contribution in [0.4, 0.5) is 5.69 Å². The van der Waals surface area contributed by atoms with E-state index < -0.39 is 22.8 Å². The Labute approximate surface area is 228 Å². The lowest BCUT2D eigenvalue weighted by molar-refractivity contribution is -0.384. The van der Waals surface area contributed by atoms with Gasteiger partial charge >= 0.3 is 11.9 Å². The number of esters is 2. The minimum atomic E-state index is -0.821. The van der Waals surface area contributed by atoms with E-state index in [0.717, 1.165) is 12.1 Å². The fourth-order valence-electron chi connectivity index (χ4n) is 5.40. The molecule has 39 heavy (non-hydrogen) atoms. The first kappa shape index (κ1) is 28.0. The van der Waals surface area contributed by atoms with E-state index in [1.807, 2.05) is 37.1 Å². The number of benzene rings is 2. The largest absolute Gasteiger partial charge is 0.463 e. The molecular formula is C29H34N4O6. The summed E-state index contributed by atoms with van der Waals surface area (Å²) in [6.07, 6.45) is 0. The molecular weight excluding hydrogens is 500 g/mol. The maximum absolute atomic E-state index is 13.6. The van der Waals surface area contributed by atoms with Gasteiger partial charge in [-0.15, -0.1) is 0 Å². The van der Waals surface area contributed by atoms with Gasteiger partial charge in [0.2, 0.25) is 0 Å². The Bertz CT molecular complexity index is 1250. The monoisotopic (exact) mass is 534 g/mol. The van der Waals surface area contributed by atoms with Crippen molar-refractivity contribution in [1.82, 2.24) is 15.3 Å². The second kappa shape index (κ2) is 12.2. The van der Waals surface area contributed by atoms with E-state index in [0.29, 0.717) is 41.2 Å². The number of carbonyl (C=O) groups excluding carboxylic acids is 2. The average Bonchev–Trinajstić information content (AvgIpc) is 2.93. The van der Waals surface area contributed by atoms with Gasteiger partial charge in [-0.2, -0.15) is 0 Å². The molecule has 206 valence electrons. The summed E-state index contributed by atoms with van der Waals surface area (Å²) >= 11 is 0. The van der Waals surface area contributed by atoms with Crippen molar-refractivity contribution < 1.29 is 24.0 Å². The molecule has 2 aromatic carbocycles. The molecule has 0 bridgehead atoms. The maximum atomic E-state index is 13.6. The predicted molar refractivity (Wildman–Crippen MR) is 145 cm³/mol. The highest BCUT2D eigenvalue weighted by Crippen LogP contribution is 2.45. The number of ether oxygens (including phenoxy) is 2. The number of nitrogens with zero attached hydrogens (tertiary/aromatic N) is 3. The van der Waals surface area contributed by atoms with Crippen molar-refractivity contribution in [2.75, 3.05) is 32.8 Å². The molecule has 10 heteroatoms. The smallest absolute Gasteiger partial charge is 0.336 e. The molecule has 0 radical (unpaired) electrons. The third-order valence-electron chi connectivity index (χ3n) is 7.08. The normalized spacial score (nSPS) is 18.8. The van der Waals surface area contributed by atoms with E-state index in [1.54, 1.807) is 26.0 Å². The van der Waals surface area contributed by atoms with Gasteiger partial charge in [0.25, 0.3) is 5.69 Å². The Hall–Kier alpha value is -4.02. The van der Waals surface area contributed by atoms with Crippen LogP contribution in [0, 0.1) is 10.1 Å². The van der Waals surface area contributed by atoms with E-state index in [9.17, 15) is 19.7 Å². The molecule has 2 aliphatic heterocycles. The fourth-order valence-corrected chi connectivity index (χ4v) is 5.40. The number of piperazine rings is 1. The lowest BCUT2D eigenvalue weighted by Gasteiger charge is -2.48. The third-order valence-corrected chi connectivity index (χ3v) is 7.08. The van der Waals surface area contributed by atoms with E-state index in [2.05, 4.69) is 22.5 Å². The van der Waals surface area contributed by atoms with Crippen LogP contribution in [0.2, 0.25) is 0 Å². The Balaban J connectivity index is 1.93. The number of nitrogens with one attached hydrogen (secondary N) is 1. The van der Waals surface area contributed by atoms with E-state index in [-0.39, 0.29) is 24.9 Å². The minimum Gasteiger partial charge on any atom is -0.463 e. The molecule has 10 nitrogen and oxygen atoms in total. The highest BCUT2D eigenvalue weighted by atomic mass is 16.6. The summed E-state index contributed by atoms with van der Waals surface area (Å²) in [6, 6.07) is 15.9. The first-order valence-corrected chi connectivity index (χ1v) is 13.1. The second-order valence-electron chi connectivity index (χ2n) is 9.33. The van der Waals surface area contributed by atoms with Crippen LogP contribution in [0.15, 0.2) is 77.1 Å². The van der Waals surface area contributed by atoms with Gasteiger partial charge in [0.1, 0.15) is 0 Å². The van der Waals surface area contributed by atoms with Crippen molar-refractivity contribution in [2.45, 2.75) is 39.7 Å². The molecule has 2 heterocycles. The molecule has 1 unspecified atom stereocenters. The van der Waals surface area contributed by atoms with Crippen molar-refractivity contribution in [1.29, 1.82) is 0 Å². The maximum Gasteiger partial charge on any atom is 0.336 e. The minimum absolute atomic E-state index is 0.0623. The number of hydrazine groups is 1. The standard InChI is InChI=1S/C29H34N4O6/c1-5-38-28(34)25-19(3)32(31-17-16-30-18-24(31)21-10-8-7-9-11-21)20(4)26(29(35)39-6-2)27(25)22-12-14-23(15-13-22)33(36)37/h7-15,24,27,30H,5-6,16-18H2,1-4H3. The van der Waals surface area contributed by atoms with Crippen LogP contribution in [0.25, 0.3) is 0 Å². The number of non-ortho nitro benzene ring substituents is 1. The van der Waals surface area contributed by atoms with Gasteiger partial charge in [0.05, 0.1) is 41.2 Å². The Morgan fingerprint density at radius 3 is 2.00 bits per heavy atom. The summed E-state index contributed by atoms with van der Waals surface area (Å²) in [7, 11) is 0. The van der Waals surface area contributed by atoms with Gasteiger partial charge in [0, 0.05) is 43.2 Å². The molecule has 2 aliphatic rings. The molecule has 4 rings (SSSR count). The predicted octanol–water partition coefficient (Wildman–Crippen LogP) is 4.23. The van der Waals surface area contributed by atoms with Crippen LogP contribution in [0.3, 0.4) is 0 Å². The van der Waals surface area contributed by atoms with Crippen molar-refractivity contribution in [3.63, 3.8) is 0 Å². The molecule has 0 aromatic heterocycles. The summed E-state index contributed by atoms with van der Waals surface area (Å²) in [5, 5.41) is 18.9. The molecule has 1 saturated heterocycles. The van der Waals surface area contributed by atoms with Crippen LogP contribution in [-0.4, -0.2) is 59.7 Å². The fraction of sp³-hybridized carbons (Fsp3) is 0.379. The Morgan fingerprint density at radius 1 is 0.923 bits per heavy atom. The SMILES string of the molecule is CCOC(=O)C1=C(C)N(N2CCNCC2c2ccccc2)C(C)=C(C(=O)OCC)C1c1ccc([N+](=O)[O-])cc1. The molecule has 1 atom stereocenters. The number of hydrogen-bond donors (Lipinski definition) is 1. The second-order valence-corrected chi connectivity index (χ2v) is 9.33. The summed E-state index contributed by atoms with van der Waals surface area (Å²) in [5.74, 6) is -1.92. The highest BCUT2D eigenvalue weighted by molar-refractivity contribution is 5.99. The van der Waals surface area contributed by atoms with Crippen LogP contribution >= 0.6 is 0 Å². The summed E-state index contributed by atoms with van der Waals surface area (Å²) in [6.45, 7) is 9.48. The zero-order valence-electron chi connectivity index (χ0n) is 22.7. The van der Waals surface area contributed by atoms with Gasteiger partial charge in [0.15, 0.2) is 0 Å². The van der Waals surface area contributed by atoms with Gasteiger partial charge in [-0.25, -0.2) is 14.6 Å². The number of hydrogen-bond acceptors (Lipinski definition) is 9. The molecule has 1 N–H and O–H groups in total. The summed E-state index contributed by atoms with van der Waals surface area (Å²) in [5.41, 5.74) is 3.42. The quantitative estimate of drug-likeness (QED) is 0.302. The average molecular weight is 535 g/mol. The molecule has 0 spiro atoms. The summed E-state index contributed by atoms with van der Waals surface area (Å²) < 4.78 is 11.0. The summed E-state index contributed by atoms with van der Waals surface area (Å²) in [4.78, 5) is 37.9. The van der Waals surface area contributed by atoms with E-state index in [1.165, 1.54) is 12.1 Å². The highest BCUT2D eigenvalue weighted by Gasteiger charge is 2.43. The van der Waals surface area contributed by atoms with Gasteiger partial charge in [-0.05, 0) is 38.8 Å². The van der Waals surface area contributed by atoms with Crippen LogP contribution in [0.5, 0.6) is 0 Å². The molecule has 0 saturated carbocycles. The van der Waals surface area contributed by atoms with Crippen molar-refractivity contribution in [3.05, 3.63) is 98.4 Å². The van der Waals surface area contributed by atoms with E-state index >= 15 is 0 Å². The number of nitro groups is 1. The topological polar surface area (TPSA) is 114 Å². The van der Waals surface area contributed by atoms with Crippen molar-refractivity contribution >= 4 is 17.6 Å². The zero-order valence-corrected chi connectivity index (χ0v) is 22.7. The number of nitro benzene ring substituents is 1. The van der Waals surface area contributed by atoms with Crippen molar-refractivity contribution in [3.8, 4) is 0 Å². The van der Waals surface area contributed by atoms with Gasteiger partial charge < -0.3 is 14.8 Å². The first-order valence-electron chi connectivity index (χ1n) is 13.1. The molecule has 1 fully saturated rings. The third kappa shape index (κ3) is 5.57. The zero-order chi connectivity index (χ0) is 28.1. The lowest BCUT2D eigenvalue weighted by Crippen LogP contribution is -2.54. The van der Waals surface area contributed by atoms with Crippen molar-refractivity contribution in [2.24, 2.45) is 0 Å². The van der Waals surface area contributed by atoms with Gasteiger partial charge in [-0.3, -0.25) is 15.1 Å². The number of carbonyl (C=O) groups is 2. The van der Waals surface area contributed by atoms with Crippen LogP contribution in [-0.2, 0) is 19.1 Å². The number of allylic oxidation sites excluding steroid dienone is 2. The first-order chi connectivity index (χ1) is 18.8. The van der Waals surface area contributed by atoms with Crippen LogP contribution in [0.1, 0.15) is 50.8 Å². The van der Waals surface area contributed by atoms with E-state index in [4.69, 9.17) is 9.47 Å². The Kier molecular flexibility index (Phi) is 8.78.